The van der Waals surface area contributed by atoms with E-state index in [0.29, 0.717) is 18.9 Å². The van der Waals surface area contributed by atoms with E-state index in [4.69, 9.17) is 5.11 Å². The van der Waals surface area contributed by atoms with E-state index in [9.17, 15) is 9.59 Å². The summed E-state index contributed by atoms with van der Waals surface area (Å²) in [6.45, 7) is 2.45. The average molecular weight is 254 g/mol. The Balaban J connectivity index is 1.70. The lowest BCUT2D eigenvalue weighted by Crippen LogP contribution is -2.34. The van der Waals surface area contributed by atoms with Crippen LogP contribution in [0.15, 0.2) is 0 Å². The molecule has 0 spiro atoms. The maximum absolute atomic E-state index is 11.7. The third-order valence-electron chi connectivity index (χ3n) is 4.17. The number of amides is 1. The van der Waals surface area contributed by atoms with Crippen LogP contribution in [0.1, 0.15) is 32.1 Å². The van der Waals surface area contributed by atoms with Crippen molar-refractivity contribution in [2.24, 2.45) is 17.8 Å². The SMILES string of the molecule is O=C(CC1CCNC1)NCC1CCCC1C(=O)O. The first-order chi connectivity index (χ1) is 8.66. The Morgan fingerprint density at radius 2 is 2.11 bits per heavy atom. The number of carboxylic acids is 1. The van der Waals surface area contributed by atoms with Gasteiger partial charge in [-0.1, -0.05) is 6.42 Å². The zero-order chi connectivity index (χ0) is 13.0. The lowest BCUT2D eigenvalue weighted by atomic mass is 9.96. The average Bonchev–Trinajstić information content (AvgIpc) is 2.96. The van der Waals surface area contributed by atoms with Crippen LogP contribution >= 0.6 is 0 Å². The van der Waals surface area contributed by atoms with Crippen molar-refractivity contribution in [1.82, 2.24) is 10.6 Å². The van der Waals surface area contributed by atoms with Gasteiger partial charge in [0.2, 0.25) is 5.91 Å². The van der Waals surface area contributed by atoms with Crippen LogP contribution in [-0.2, 0) is 9.59 Å². The molecule has 5 heteroatoms. The van der Waals surface area contributed by atoms with Gasteiger partial charge in [0, 0.05) is 13.0 Å². The molecule has 2 aliphatic rings. The number of nitrogens with one attached hydrogen (secondary N) is 2. The predicted molar refractivity (Wildman–Crippen MR) is 67.1 cm³/mol. The van der Waals surface area contributed by atoms with Crippen molar-refractivity contribution in [2.45, 2.75) is 32.1 Å². The van der Waals surface area contributed by atoms with Gasteiger partial charge in [-0.15, -0.1) is 0 Å². The summed E-state index contributed by atoms with van der Waals surface area (Å²) in [7, 11) is 0. The van der Waals surface area contributed by atoms with E-state index in [1.54, 1.807) is 0 Å². The van der Waals surface area contributed by atoms with Gasteiger partial charge in [0.1, 0.15) is 0 Å². The highest BCUT2D eigenvalue weighted by atomic mass is 16.4. The molecule has 1 amide bonds. The van der Waals surface area contributed by atoms with Crippen molar-refractivity contribution in [1.29, 1.82) is 0 Å². The highest BCUT2D eigenvalue weighted by Gasteiger charge is 2.32. The zero-order valence-corrected chi connectivity index (χ0v) is 10.7. The zero-order valence-electron chi connectivity index (χ0n) is 10.7. The number of carbonyl (C=O) groups excluding carboxylic acids is 1. The monoisotopic (exact) mass is 254 g/mol. The number of carboxylic acid groups (broad SMARTS) is 1. The second kappa shape index (κ2) is 6.18. The topological polar surface area (TPSA) is 78.4 Å². The van der Waals surface area contributed by atoms with Gasteiger partial charge in [-0.05, 0) is 44.2 Å². The first-order valence-electron chi connectivity index (χ1n) is 6.87. The lowest BCUT2D eigenvalue weighted by Gasteiger charge is -2.17. The summed E-state index contributed by atoms with van der Waals surface area (Å²) in [5.41, 5.74) is 0. The third kappa shape index (κ3) is 3.45. The van der Waals surface area contributed by atoms with Crippen LogP contribution in [0, 0.1) is 17.8 Å². The van der Waals surface area contributed by atoms with Gasteiger partial charge in [-0.2, -0.15) is 0 Å². The minimum Gasteiger partial charge on any atom is -0.481 e. The van der Waals surface area contributed by atoms with Crippen molar-refractivity contribution in [2.75, 3.05) is 19.6 Å². The molecule has 18 heavy (non-hydrogen) atoms. The quantitative estimate of drug-likeness (QED) is 0.671. The van der Waals surface area contributed by atoms with Crippen LogP contribution in [0.5, 0.6) is 0 Å². The fraction of sp³-hybridized carbons (Fsp3) is 0.846. The standard InChI is InChI=1S/C13H22N2O3/c16-12(6-9-4-5-14-7-9)15-8-10-2-1-3-11(10)13(17)18/h9-11,14H,1-8H2,(H,15,16)(H,17,18). The normalized spacial score (nSPS) is 31.4. The van der Waals surface area contributed by atoms with Crippen molar-refractivity contribution < 1.29 is 14.7 Å². The Bertz CT molecular complexity index is 313. The van der Waals surface area contributed by atoms with E-state index in [1.165, 1.54) is 0 Å². The molecule has 1 saturated heterocycles. The highest BCUT2D eigenvalue weighted by Crippen LogP contribution is 2.31. The largest absolute Gasteiger partial charge is 0.481 e. The fourth-order valence-corrected chi connectivity index (χ4v) is 3.07. The van der Waals surface area contributed by atoms with Gasteiger partial charge >= 0.3 is 5.97 Å². The molecule has 3 N–H and O–H groups in total. The second-order valence-electron chi connectivity index (χ2n) is 5.50. The smallest absolute Gasteiger partial charge is 0.306 e. The van der Waals surface area contributed by atoms with Crippen LogP contribution in [0.3, 0.4) is 0 Å². The molecule has 0 radical (unpaired) electrons. The Hall–Kier alpha value is -1.10. The lowest BCUT2D eigenvalue weighted by molar-refractivity contribution is -0.143. The van der Waals surface area contributed by atoms with E-state index < -0.39 is 5.97 Å². The molecule has 3 unspecified atom stereocenters. The van der Waals surface area contributed by atoms with Gasteiger partial charge in [0.25, 0.3) is 0 Å². The summed E-state index contributed by atoms with van der Waals surface area (Å²) < 4.78 is 0. The molecule has 0 bridgehead atoms. The van der Waals surface area contributed by atoms with Crippen molar-refractivity contribution in [3.8, 4) is 0 Å². The maximum Gasteiger partial charge on any atom is 0.306 e. The van der Waals surface area contributed by atoms with E-state index in [2.05, 4.69) is 10.6 Å². The van der Waals surface area contributed by atoms with Crippen molar-refractivity contribution in [3.05, 3.63) is 0 Å². The predicted octanol–water partition coefficient (Wildman–Crippen LogP) is 0.603. The Morgan fingerprint density at radius 1 is 1.28 bits per heavy atom. The van der Waals surface area contributed by atoms with Gasteiger partial charge in [-0.25, -0.2) is 0 Å². The molecule has 3 atom stereocenters. The van der Waals surface area contributed by atoms with Crippen LogP contribution < -0.4 is 10.6 Å². The second-order valence-corrected chi connectivity index (χ2v) is 5.50. The summed E-state index contributed by atoms with van der Waals surface area (Å²) in [4.78, 5) is 22.8. The minimum absolute atomic E-state index is 0.0692. The van der Waals surface area contributed by atoms with E-state index in [0.717, 1.165) is 38.8 Å². The van der Waals surface area contributed by atoms with E-state index >= 15 is 0 Å². The molecule has 2 fully saturated rings. The maximum atomic E-state index is 11.7. The molecular formula is C13H22N2O3. The first kappa shape index (κ1) is 13.3. The van der Waals surface area contributed by atoms with Crippen LogP contribution in [0.2, 0.25) is 0 Å². The number of rotatable bonds is 5. The molecule has 2 rings (SSSR count). The van der Waals surface area contributed by atoms with E-state index in [1.807, 2.05) is 0 Å². The summed E-state index contributed by atoms with van der Waals surface area (Å²) in [6.07, 6.45) is 4.26. The Kier molecular flexibility index (Phi) is 4.58. The van der Waals surface area contributed by atoms with Crippen LogP contribution in [0.4, 0.5) is 0 Å². The summed E-state index contributed by atoms with van der Waals surface area (Å²) in [5.74, 6) is -0.345. The van der Waals surface area contributed by atoms with Gasteiger partial charge in [0.15, 0.2) is 0 Å². The molecule has 0 aromatic rings. The number of carbonyl (C=O) groups is 2. The summed E-state index contributed by atoms with van der Waals surface area (Å²) in [5, 5.41) is 15.2. The van der Waals surface area contributed by atoms with Crippen molar-refractivity contribution in [3.63, 3.8) is 0 Å². The third-order valence-corrected chi connectivity index (χ3v) is 4.17. The number of hydrogen-bond donors (Lipinski definition) is 3. The van der Waals surface area contributed by atoms with Crippen LogP contribution in [0.25, 0.3) is 0 Å². The molecule has 1 aliphatic carbocycles. The first-order valence-corrected chi connectivity index (χ1v) is 6.87. The molecule has 0 aromatic carbocycles. The number of hydrogen-bond acceptors (Lipinski definition) is 3. The summed E-state index contributed by atoms with van der Waals surface area (Å²) in [6, 6.07) is 0. The number of aliphatic carboxylic acids is 1. The van der Waals surface area contributed by atoms with Gasteiger partial charge < -0.3 is 15.7 Å². The summed E-state index contributed by atoms with van der Waals surface area (Å²) >= 11 is 0. The molecule has 102 valence electrons. The molecular weight excluding hydrogens is 232 g/mol. The molecule has 1 heterocycles. The molecule has 5 nitrogen and oxygen atoms in total. The fourth-order valence-electron chi connectivity index (χ4n) is 3.07. The molecule has 0 aromatic heterocycles. The van der Waals surface area contributed by atoms with Crippen LogP contribution in [-0.4, -0.2) is 36.6 Å². The Labute approximate surface area is 107 Å². The molecule has 1 aliphatic heterocycles. The van der Waals surface area contributed by atoms with Gasteiger partial charge in [-0.3, -0.25) is 9.59 Å². The Morgan fingerprint density at radius 3 is 2.78 bits per heavy atom. The van der Waals surface area contributed by atoms with Crippen molar-refractivity contribution >= 4 is 11.9 Å². The minimum atomic E-state index is -0.716. The van der Waals surface area contributed by atoms with E-state index in [-0.39, 0.29) is 17.7 Å². The highest BCUT2D eigenvalue weighted by molar-refractivity contribution is 5.76. The molecule has 1 saturated carbocycles. The van der Waals surface area contributed by atoms with Gasteiger partial charge in [0.05, 0.1) is 5.92 Å².